The summed E-state index contributed by atoms with van der Waals surface area (Å²) in [4.78, 5) is 4.07. The summed E-state index contributed by atoms with van der Waals surface area (Å²) in [5.41, 5.74) is 13.8. The molecule has 0 spiro atoms. The number of aliphatic hydroxyl groups excluding tert-OH is 1. The van der Waals surface area contributed by atoms with Gasteiger partial charge in [0.2, 0.25) is 0 Å². The normalized spacial score (nSPS) is 17.1. The van der Waals surface area contributed by atoms with Crippen LogP contribution in [0.2, 0.25) is 0 Å². The van der Waals surface area contributed by atoms with Crippen molar-refractivity contribution in [1.82, 2.24) is 0 Å². The van der Waals surface area contributed by atoms with Crippen LogP contribution in [0.1, 0.15) is 17.5 Å². The molecule has 96 valence electrons. The Balaban J connectivity index is 0.00000128. The number of nitrogens with zero attached hydrogens (tertiary/aromatic N) is 1. The maximum Gasteiger partial charge on any atom is 0.191 e. The second-order valence-electron chi connectivity index (χ2n) is 3.85. The van der Waals surface area contributed by atoms with Crippen molar-refractivity contribution >= 4 is 36.5 Å². The minimum Gasteiger partial charge on any atom is -0.393 e. The fourth-order valence-electron chi connectivity index (χ4n) is 1.99. The number of aryl methyl sites for hydroxylation is 1. The lowest BCUT2D eigenvalue weighted by molar-refractivity contribution is 0.159. The second-order valence-corrected chi connectivity index (χ2v) is 3.85. The van der Waals surface area contributed by atoms with Gasteiger partial charge in [0.25, 0.3) is 0 Å². The van der Waals surface area contributed by atoms with Gasteiger partial charge in [0.15, 0.2) is 5.96 Å². The van der Waals surface area contributed by atoms with E-state index in [2.05, 4.69) is 11.1 Å². The topological polar surface area (TPSA) is 84.6 Å². The molecule has 1 atom stereocenters. The second kappa shape index (κ2) is 6.69. The number of fused-ring (bicyclic) bond motifs is 1. The van der Waals surface area contributed by atoms with Crippen molar-refractivity contribution in [3.05, 3.63) is 29.3 Å². The SMILES string of the molecule is Cl.Cl.NC(N)=Nc1cccc2c1CC(O)CC2. The zero-order valence-corrected chi connectivity index (χ0v) is 10.9. The Morgan fingerprint density at radius 1 is 1.29 bits per heavy atom. The van der Waals surface area contributed by atoms with Crippen LogP contribution in [0.5, 0.6) is 0 Å². The molecule has 5 N–H and O–H groups in total. The molecule has 4 nitrogen and oxygen atoms in total. The van der Waals surface area contributed by atoms with Gasteiger partial charge in [-0.15, -0.1) is 24.8 Å². The molecule has 0 heterocycles. The minimum atomic E-state index is -0.271. The van der Waals surface area contributed by atoms with E-state index in [-0.39, 0.29) is 36.9 Å². The first-order valence-corrected chi connectivity index (χ1v) is 5.05. The summed E-state index contributed by atoms with van der Waals surface area (Å²) >= 11 is 0. The molecule has 0 saturated heterocycles. The van der Waals surface area contributed by atoms with Crippen LogP contribution in [0, 0.1) is 0 Å². The number of nitrogens with two attached hydrogens (primary N) is 2. The number of hydrogen-bond donors (Lipinski definition) is 3. The molecule has 2 rings (SSSR count). The number of rotatable bonds is 1. The monoisotopic (exact) mass is 277 g/mol. The van der Waals surface area contributed by atoms with E-state index in [9.17, 15) is 5.11 Å². The molecule has 1 aromatic rings. The largest absolute Gasteiger partial charge is 0.393 e. The Hall–Kier alpha value is -0.970. The molecule has 6 heteroatoms. The van der Waals surface area contributed by atoms with E-state index in [1.165, 1.54) is 5.56 Å². The van der Waals surface area contributed by atoms with Gasteiger partial charge in [-0.3, -0.25) is 0 Å². The van der Waals surface area contributed by atoms with Crippen molar-refractivity contribution in [2.75, 3.05) is 0 Å². The fourth-order valence-corrected chi connectivity index (χ4v) is 1.99. The molecule has 1 aliphatic rings. The smallest absolute Gasteiger partial charge is 0.191 e. The van der Waals surface area contributed by atoms with Crippen LogP contribution < -0.4 is 11.5 Å². The first-order chi connectivity index (χ1) is 7.16. The molecule has 0 amide bonds. The van der Waals surface area contributed by atoms with Crippen LogP contribution in [0.3, 0.4) is 0 Å². The summed E-state index contributed by atoms with van der Waals surface area (Å²) in [5, 5.41) is 9.60. The molecule has 0 bridgehead atoms. The first kappa shape index (κ1) is 16.0. The lowest BCUT2D eigenvalue weighted by Crippen LogP contribution is -2.23. The molecule has 1 unspecified atom stereocenters. The van der Waals surface area contributed by atoms with E-state index in [1.807, 2.05) is 12.1 Å². The van der Waals surface area contributed by atoms with E-state index < -0.39 is 0 Å². The van der Waals surface area contributed by atoms with E-state index in [0.717, 1.165) is 24.1 Å². The van der Waals surface area contributed by atoms with E-state index in [0.29, 0.717) is 6.42 Å². The van der Waals surface area contributed by atoms with Gasteiger partial charge in [0.05, 0.1) is 11.8 Å². The third-order valence-corrected chi connectivity index (χ3v) is 2.68. The van der Waals surface area contributed by atoms with Crippen LogP contribution in [-0.4, -0.2) is 17.2 Å². The average molecular weight is 278 g/mol. The van der Waals surface area contributed by atoms with Crippen molar-refractivity contribution < 1.29 is 5.11 Å². The third kappa shape index (κ3) is 3.77. The number of aliphatic hydroxyl groups is 1. The van der Waals surface area contributed by atoms with Gasteiger partial charge in [0.1, 0.15) is 0 Å². The molecule has 1 aromatic carbocycles. The minimum absolute atomic E-state index is 0. The maximum absolute atomic E-state index is 9.60. The highest BCUT2D eigenvalue weighted by Crippen LogP contribution is 2.29. The summed E-state index contributed by atoms with van der Waals surface area (Å²) in [6.45, 7) is 0. The predicted octanol–water partition coefficient (Wildman–Crippen LogP) is 1.28. The summed E-state index contributed by atoms with van der Waals surface area (Å²) in [6, 6.07) is 5.88. The van der Waals surface area contributed by atoms with E-state index >= 15 is 0 Å². The van der Waals surface area contributed by atoms with Gasteiger partial charge in [-0.2, -0.15) is 0 Å². The van der Waals surface area contributed by atoms with Gasteiger partial charge >= 0.3 is 0 Å². The Kier molecular flexibility index (Phi) is 6.31. The number of hydrogen-bond acceptors (Lipinski definition) is 2. The zero-order chi connectivity index (χ0) is 10.8. The quantitative estimate of drug-likeness (QED) is 0.534. The molecule has 0 aliphatic heterocycles. The molecular weight excluding hydrogens is 261 g/mol. The van der Waals surface area contributed by atoms with Gasteiger partial charge in [-0.05, 0) is 30.0 Å². The predicted molar refractivity (Wildman–Crippen MR) is 74.4 cm³/mol. The summed E-state index contributed by atoms with van der Waals surface area (Å²) in [7, 11) is 0. The fraction of sp³-hybridized carbons (Fsp3) is 0.364. The van der Waals surface area contributed by atoms with Crippen LogP contribution in [-0.2, 0) is 12.8 Å². The van der Waals surface area contributed by atoms with Gasteiger partial charge < -0.3 is 16.6 Å². The third-order valence-electron chi connectivity index (χ3n) is 2.68. The molecule has 0 saturated carbocycles. The molecule has 0 aromatic heterocycles. The van der Waals surface area contributed by atoms with Gasteiger partial charge in [0, 0.05) is 6.42 Å². The number of halogens is 2. The van der Waals surface area contributed by atoms with Gasteiger partial charge in [-0.1, -0.05) is 12.1 Å². The van der Waals surface area contributed by atoms with Crippen molar-refractivity contribution in [3.8, 4) is 0 Å². The lowest BCUT2D eigenvalue weighted by atomic mass is 9.89. The van der Waals surface area contributed by atoms with Crippen LogP contribution in [0.4, 0.5) is 5.69 Å². The molecular formula is C11H17Cl2N3O. The molecule has 17 heavy (non-hydrogen) atoms. The number of benzene rings is 1. The van der Waals surface area contributed by atoms with Crippen LogP contribution in [0.25, 0.3) is 0 Å². The number of aliphatic imine (C=N–C) groups is 1. The zero-order valence-electron chi connectivity index (χ0n) is 9.30. The summed E-state index contributed by atoms with van der Waals surface area (Å²) in [6.07, 6.45) is 2.08. The van der Waals surface area contributed by atoms with E-state index in [1.54, 1.807) is 0 Å². The van der Waals surface area contributed by atoms with Crippen molar-refractivity contribution in [1.29, 1.82) is 0 Å². The lowest BCUT2D eigenvalue weighted by Gasteiger charge is -2.21. The molecule has 1 aliphatic carbocycles. The Morgan fingerprint density at radius 3 is 2.65 bits per heavy atom. The maximum atomic E-state index is 9.60. The average Bonchev–Trinajstić information content (AvgIpc) is 2.18. The summed E-state index contributed by atoms with van der Waals surface area (Å²) < 4.78 is 0. The standard InChI is InChI=1S/C11H15N3O.2ClH/c12-11(13)14-10-3-1-2-7-4-5-8(15)6-9(7)10;;/h1-3,8,15H,4-6H2,(H4,12,13,14);2*1H. The van der Waals surface area contributed by atoms with Crippen LogP contribution in [0.15, 0.2) is 23.2 Å². The van der Waals surface area contributed by atoms with Crippen molar-refractivity contribution in [2.45, 2.75) is 25.4 Å². The molecule has 0 radical (unpaired) electrons. The highest BCUT2D eigenvalue weighted by molar-refractivity contribution is 5.85. The first-order valence-electron chi connectivity index (χ1n) is 5.05. The number of guanidine groups is 1. The van der Waals surface area contributed by atoms with Crippen molar-refractivity contribution in [3.63, 3.8) is 0 Å². The van der Waals surface area contributed by atoms with Gasteiger partial charge in [-0.25, -0.2) is 4.99 Å². The highest BCUT2D eigenvalue weighted by Gasteiger charge is 2.18. The Morgan fingerprint density at radius 2 is 2.00 bits per heavy atom. The highest BCUT2D eigenvalue weighted by atomic mass is 35.5. The van der Waals surface area contributed by atoms with Crippen molar-refractivity contribution in [2.24, 2.45) is 16.5 Å². The molecule has 0 fully saturated rings. The Labute approximate surface area is 113 Å². The van der Waals surface area contributed by atoms with Crippen LogP contribution >= 0.6 is 24.8 Å². The Bertz CT molecular complexity index is 406. The summed E-state index contributed by atoms with van der Waals surface area (Å²) in [5.74, 6) is 0.0588. The van der Waals surface area contributed by atoms with E-state index in [4.69, 9.17) is 11.5 Å².